The van der Waals surface area contributed by atoms with E-state index in [9.17, 15) is 9.59 Å². The topological polar surface area (TPSA) is 45.1 Å². The molecule has 0 unspecified atom stereocenters. The molecule has 7 heteroatoms. The van der Waals surface area contributed by atoms with Crippen molar-refractivity contribution < 1.29 is 14.5 Å². The Kier molecular flexibility index (Phi) is 5.08. The highest BCUT2D eigenvalue weighted by Gasteiger charge is 2.46. The Bertz CT molecular complexity index is 867. The van der Waals surface area contributed by atoms with Crippen LogP contribution in [0.1, 0.15) is 6.42 Å². The normalized spacial score (nSPS) is 21.2. The summed E-state index contributed by atoms with van der Waals surface area (Å²) >= 11 is 12.1. The van der Waals surface area contributed by atoms with Crippen molar-refractivity contribution in [1.82, 2.24) is 0 Å². The highest BCUT2D eigenvalue weighted by Crippen LogP contribution is 2.27. The van der Waals surface area contributed by atoms with E-state index >= 15 is 0 Å². The predicted molar refractivity (Wildman–Crippen MR) is 107 cm³/mol. The van der Waals surface area contributed by atoms with Gasteiger partial charge in [0, 0.05) is 5.69 Å². The number of para-hydroxylation sites is 1. The summed E-state index contributed by atoms with van der Waals surface area (Å²) < 4.78 is 0. The molecule has 5 nitrogen and oxygen atoms in total. The van der Waals surface area contributed by atoms with Crippen molar-refractivity contribution in [2.45, 2.75) is 12.5 Å². The lowest BCUT2D eigenvalue weighted by Gasteiger charge is -2.35. The van der Waals surface area contributed by atoms with Crippen LogP contribution in [-0.4, -0.2) is 44.0 Å². The number of hydrogen-bond donors (Lipinski definition) is 1. The summed E-state index contributed by atoms with van der Waals surface area (Å²) in [6, 6.07) is 14.5. The Morgan fingerprint density at radius 2 is 1.59 bits per heavy atom. The number of quaternary nitrogens is 1. The molecule has 27 heavy (non-hydrogen) atoms. The van der Waals surface area contributed by atoms with Crippen molar-refractivity contribution in [1.29, 1.82) is 0 Å². The zero-order valence-corrected chi connectivity index (χ0v) is 16.2. The molecule has 2 aliphatic heterocycles. The molecular formula is C20H20Cl2N3O2+. The summed E-state index contributed by atoms with van der Waals surface area (Å²) in [7, 11) is 0. The van der Waals surface area contributed by atoms with E-state index in [1.807, 2.05) is 30.3 Å². The molecule has 2 heterocycles. The van der Waals surface area contributed by atoms with E-state index < -0.39 is 0 Å². The van der Waals surface area contributed by atoms with Gasteiger partial charge in [0.25, 0.3) is 5.91 Å². The molecule has 140 valence electrons. The average Bonchev–Trinajstić information content (AvgIpc) is 2.99. The number of carbonyl (C=O) groups excluding carboxylic acids is 2. The summed E-state index contributed by atoms with van der Waals surface area (Å²) in [4.78, 5) is 30.1. The van der Waals surface area contributed by atoms with Crippen LogP contribution in [0.4, 0.5) is 11.4 Å². The Morgan fingerprint density at radius 1 is 0.889 bits per heavy atom. The van der Waals surface area contributed by atoms with Gasteiger partial charge in [-0.2, -0.15) is 0 Å². The third-order valence-corrected chi connectivity index (χ3v) is 6.07. The smallest absolute Gasteiger partial charge is 0.292 e. The maximum Gasteiger partial charge on any atom is 0.292 e. The molecule has 1 N–H and O–H groups in total. The Balaban J connectivity index is 1.43. The number of imide groups is 1. The van der Waals surface area contributed by atoms with Gasteiger partial charge in [-0.25, -0.2) is 4.90 Å². The highest BCUT2D eigenvalue weighted by molar-refractivity contribution is 6.42. The Morgan fingerprint density at radius 3 is 2.26 bits per heavy atom. The maximum absolute atomic E-state index is 12.9. The summed E-state index contributed by atoms with van der Waals surface area (Å²) in [5.41, 5.74) is 1.69. The van der Waals surface area contributed by atoms with Crippen LogP contribution < -0.4 is 14.7 Å². The summed E-state index contributed by atoms with van der Waals surface area (Å²) in [5, 5.41) is 1.08. The van der Waals surface area contributed by atoms with Gasteiger partial charge in [0.1, 0.15) is 0 Å². The number of amides is 2. The molecule has 0 spiro atoms. The first-order valence-corrected chi connectivity index (χ1v) is 9.76. The lowest BCUT2D eigenvalue weighted by atomic mass is 10.1. The van der Waals surface area contributed by atoms with Gasteiger partial charge >= 0.3 is 0 Å². The number of carbonyl (C=O) groups is 2. The van der Waals surface area contributed by atoms with E-state index in [1.54, 1.807) is 18.2 Å². The molecule has 2 saturated heterocycles. The largest absolute Gasteiger partial charge is 0.360 e. The lowest BCUT2D eigenvalue weighted by Crippen LogP contribution is -3.19. The van der Waals surface area contributed by atoms with Crippen molar-refractivity contribution in [2.75, 3.05) is 36.0 Å². The molecule has 0 bridgehead atoms. The molecule has 2 fully saturated rings. The molecular weight excluding hydrogens is 385 g/mol. The van der Waals surface area contributed by atoms with E-state index in [-0.39, 0.29) is 24.3 Å². The third kappa shape index (κ3) is 3.55. The molecule has 2 aromatic carbocycles. The van der Waals surface area contributed by atoms with E-state index in [0.717, 1.165) is 31.9 Å². The minimum Gasteiger partial charge on any atom is -0.360 e. The number of anilines is 2. The van der Waals surface area contributed by atoms with Crippen LogP contribution in [0.2, 0.25) is 10.0 Å². The first-order chi connectivity index (χ1) is 13.0. The van der Waals surface area contributed by atoms with E-state index in [4.69, 9.17) is 23.2 Å². The second-order valence-corrected chi connectivity index (χ2v) is 7.72. The summed E-state index contributed by atoms with van der Waals surface area (Å²) in [5.74, 6) is -0.209. The maximum atomic E-state index is 12.9. The fourth-order valence-corrected chi connectivity index (χ4v) is 4.17. The molecule has 0 aliphatic carbocycles. The van der Waals surface area contributed by atoms with E-state index in [0.29, 0.717) is 15.7 Å². The van der Waals surface area contributed by atoms with Crippen molar-refractivity contribution in [3.63, 3.8) is 0 Å². The number of hydrogen-bond acceptors (Lipinski definition) is 3. The molecule has 2 aliphatic rings. The fraction of sp³-hybridized carbons (Fsp3) is 0.300. The van der Waals surface area contributed by atoms with Gasteiger partial charge in [0.2, 0.25) is 5.91 Å². The van der Waals surface area contributed by atoms with Crippen LogP contribution in [0, 0.1) is 0 Å². The Labute approximate surface area is 168 Å². The molecule has 0 radical (unpaired) electrons. The van der Waals surface area contributed by atoms with Gasteiger partial charge in [-0.05, 0) is 30.3 Å². The molecule has 0 saturated carbocycles. The van der Waals surface area contributed by atoms with Crippen molar-refractivity contribution >= 4 is 46.4 Å². The summed E-state index contributed by atoms with van der Waals surface area (Å²) in [6.45, 7) is 3.20. The van der Waals surface area contributed by atoms with Crippen LogP contribution in [0.25, 0.3) is 0 Å². The number of piperazine rings is 1. The molecule has 0 aromatic heterocycles. The van der Waals surface area contributed by atoms with Crippen molar-refractivity contribution in [3.05, 3.63) is 58.6 Å². The first kappa shape index (κ1) is 18.3. The second kappa shape index (κ2) is 7.50. The van der Waals surface area contributed by atoms with Crippen molar-refractivity contribution in [3.8, 4) is 0 Å². The predicted octanol–water partition coefficient (Wildman–Crippen LogP) is 2.03. The van der Waals surface area contributed by atoms with Gasteiger partial charge in [-0.1, -0.05) is 41.4 Å². The van der Waals surface area contributed by atoms with Crippen LogP contribution in [0.3, 0.4) is 0 Å². The van der Waals surface area contributed by atoms with Gasteiger partial charge < -0.3 is 9.80 Å². The van der Waals surface area contributed by atoms with Gasteiger partial charge in [0.15, 0.2) is 6.04 Å². The molecule has 2 aromatic rings. The van der Waals surface area contributed by atoms with Crippen LogP contribution in [0.5, 0.6) is 0 Å². The van der Waals surface area contributed by atoms with Gasteiger partial charge in [-0.3, -0.25) is 9.59 Å². The summed E-state index contributed by atoms with van der Waals surface area (Å²) in [6.07, 6.45) is 0.274. The second-order valence-electron chi connectivity index (χ2n) is 6.90. The van der Waals surface area contributed by atoms with Crippen molar-refractivity contribution in [2.24, 2.45) is 0 Å². The number of halogens is 2. The third-order valence-electron chi connectivity index (χ3n) is 5.33. The van der Waals surface area contributed by atoms with Crippen LogP contribution in [-0.2, 0) is 9.59 Å². The quantitative estimate of drug-likeness (QED) is 0.796. The molecule has 4 rings (SSSR count). The van der Waals surface area contributed by atoms with E-state index in [1.165, 1.54) is 9.80 Å². The fourth-order valence-electron chi connectivity index (χ4n) is 3.88. The number of nitrogens with zero attached hydrogens (tertiary/aromatic N) is 2. The minimum absolute atomic E-state index is 0.0933. The van der Waals surface area contributed by atoms with Gasteiger partial charge in [-0.15, -0.1) is 0 Å². The van der Waals surface area contributed by atoms with Crippen LogP contribution in [0.15, 0.2) is 48.5 Å². The molecule has 2 amide bonds. The zero-order chi connectivity index (χ0) is 19.0. The standard InChI is InChI=1S/C20H19Cl2N3O2/c21-16-7-6-15(12-17(16)22)23-8-10-24(11-9-23)18-13-19(26)25(20(18)27)14-4-2-1-3-5-14/h1-7,12,18H,8-11,13H2/p+1/t18-/m0/s1. The zero-order valence-electron chi connectivity index (χ0n) is 14.7. The minimum atomic E-state index is -0.298. The monoisotopic (exact) mass is 404 g/mol. The average molecular weight is 405 g/mol. The lowest BCUT2D eigenvalue weighted by molar-refractivity contribution is -0.915. The Hall–Kier alpha value is -2.08. The SMILES string of the molecule is O=C1C[C@H]([NH+]2CCN(c3ccc(Cl)c(Cl)c3)CC2)C(=O)N1c1ccccc1. The molecule has 1 atom stereocenters. The first-order valence-electron chi connectivity index (χ1n) is 9.01. The van der Waals surface area contributed by atoms with E-state index in [2.05, 4.69) is 4.90 Å². The number of rotatable bonds is 3. The number of nitrogens with one attached hydrogen (secondary N) is 1. The van der Waals surface area contributed by atoms with Crippen LogP contribution >= 0.6 is 23.2 Å². The number of benzene rings is 2. The van der Waals surface area contributed by atoms with Gasteiger partial charge in [0.05, 0.1) is 48.3 Å². The highest BCUT2D eigenvalue weighted by atomic mass is 35.5.